The second-order valence-electron chi connectivity index (χ2n) is 5.30. The van der Waals surface area contributed by atoms with Gasteiger partial charge in [0.2, 0.25) is 0 Å². The standard InChI is InChI=1S/C18H13N5/c19-11-16-18(21-22-20-16)15-7-4-8-17-14(15)9-10-23(17)12-13-5-2-1-3-6-13/h1-10H,12H2,(H,20,21,22). The summed E-state index contributed by atoms with van der Waals surface area (Å²) in [6.45, 7) is 0.803. The van der Waals surface area contributed by atoms with Crippen molar-refractivity contribution in [3.63, 3.8) is 0 Å². The fourth-order valence-corrected chi connectivity index (χ4v) is 2.84. The average molecular weight is 299 g/mol. The topological polar surface area (TPSA) is 70.3 Å². The fourth-order valence-electron chi connectivity index (χ4n) is 2.84. The van der Waals surface area contributed by atoms with Gasteiger partial charge in [-0.25, -0.2) is 0 Å². The molecule has 0 amide bonds. The van der Waals surface area contributed by atoms with Crippen LogP contribution in [0.4, 0.5) is 0 Å². The summed E-state index contributed by atoms with van der Waals surface area (Å²) >= 11 is 0. The van der Waals surface area contributed by atoms with Crippen molar-refractivity contribution in [3.05, 3.63) is 72.1 Å². The predicted molar refractivity (Wildman–Crippen MR) is 87.6 cm³/mol. The summed E-state index contributed by atoms with van der Waals surface area (Å²) in [7, 11) is 0. The van der Waals surface area contributed by atoms with E-state index in [2.05, 4.69) is 56.5 Å². The van der Waals surface area contributed by atoms with Crippen LogP contribution in [-0.4, -0.2) is 20.0 Å². The number of benzene rings is 2. The van der Waals surface area contributed by atoms with E-state index in [0.717, 1.165) is 23.0 Å². The average Bonchev–Trinajstić information content (AvgIpc) is 3.23. The van der Waals surface area contributed by atoms with Crippen molar-refractivity contribution >= 4 is 10.9 Å². The van der Waals surface area contributed by atoms with Gasteiger partial charge in [0.05, 0.1) is 0 Å². The van der Waals surface area contributed by atoms with Gasteiger partial charge in [-0.15, -0.1) is 5.10 Å². The summed E-state index contributed by atoms with van der Waals surface area (Å²) in [5.74, 6) is 0. The maximum atomic E-state index is 9.16. The Morgan fingerprint density at radius 3 is 2.70 bits per heavy atom. The van der Waals surface area contributed by atoms with E-state index < -0.39 is 0 Å². The highest BCUT2D eigenvalue weighted by atomic mass is 15.3. The molecule has 2 aromatic carbocycles. The van der Waals surface area contributed by atoms with Gasteiger partial charge in [-0.1, -0.05) is 42.5 Å². The van der Waals surface area contributed by atoms with Crippen molar-refractivity contribution in [2.24, 2.45) is 0 Å². The Hall–Kier alpha value is -3.39. The van der Waals surface area contributed by atoms with Crippen LogP contribution in [0.15, 0.2) is 60.8 Å². The van der Waals surface area contributed by atoms with Crippen LogP contribution in [0, 0.1) is 11.3 Å². The summed E-state index contributed by atoms with van der Waals surface area (Å²) in [5.41, 5.74) is 4.18. The number of nitrogens with one attached hydrogen (secondary N) is 1. The van der Waals surface area contributed by atoms with E-state index in [0.29, 0.717) is 11.4 Å². The van der Waals surface area contributed by atoms with Gasteiger partial charge in [0.25, 0.3) is 0 Å². The van der Waals surface area contributed by atoms with Crippen LogP contribution in [0.5, 0.6) is 0 Å². The van der Waals surface area contributed by atoms with Gasteiger partial charge in [0, 0.05) is 29.2 Å². The fraction of sp³-hybridized carbons (Fsp3) is 0.0556. The van der Waals surface area contributed by atoms with Crippen molar-refractivity contribution in [2.45, 2.75) is 6.54 Å². The highest BCUT2D eigenvalue weighted by Gasteiger charge is 2.14. The molecule has 2 heterocycles. The van der Waals surface area contributed by atoms with Crippen LogP contribution < -0.4 is 0 Å². The molecule has 5 nitrogen and oxygen atoms in total. The van der Waals surface area contributed by atoms with E-state index in [1.807, 2.05) is 30.3 Å². The van der Waals surface area contributed by atoms with Gasteiger partial charge in [0.1, 0.15) is 11.8 Å². The molecular formula is C18H13N5. The number of aromatic amines is 1. The van der Waals surface area contributed by atoms with Crippen molar-refractivity contribution in [3.8, 4) is 17.3 Å². The Labute approximate surface area is 132 Å². The molecule has 1 N–H and O–H groups in total. The molecule has 0 atom stereocenters. The lowest BCUT2D eigenvalue weighted by atomic mass is 10.1. The minimum atomic E-state index is 0.313. The van der Waals surface area contributed by atoms with E-state index in [4.69, 9.17) is 5.26 Å². The van der Waals surface area contributed by atoms with E-state index in [-0.39, 0.29) is 0 Å². The van der Waals surface area contributed by atoms with Crippen molar-refractivity contribution in [1.29, 1.82) is 5.26 Å². The summed E-state index contributed by atoms with van der Waals surface area (Å²) in [6.07, 6.45) is 2.06. The third kappa shape index (κ3) is 2.27. The molecule has 0 spiro atoms. The molecule has 110 valence electrons. The molecule has 0 saturated heterocycles. The first-order chi connectivity index (χ1) is 11.4. The quantitative estimate of drug-likeness (QED) is 0.630. The molecule has 2 aromatic heterocycles. The molecule has 4 aromatic rings. The smallest absolute Gasteiger partial charge is 0.190 e. The molecule has 0 unspecified atom stereocenters. The lowest BCUT2D eigenvalue weighted by Crippen LogP contribution is -1.97. The van der Waals surface area contributed by atoms with Gasteiger partial charge < -0.3 is 4.57 Å². The highest BCUT2D eigenvalue weighted by Crippen LogP contribution is 2.29. The van der Waals surface area contributed by atoms with Gasteiger partial charge in [-0.3, -0.25) is 0 Å². The monoisotopic (exact) mass is 299 g/mol. The summed E-state index contributed by atoms with van der Waals surface area (Å²) in [5, 5.41) is 20.8. The van der Waals surface area contributed by atoms with Crippen LogP contribution in [0.3, 0.4) is 0 Å². The van der Waals surface area contributed by atoms with Crippen LogP contribution in [-0.2, 0) is 6.54 Å². The summed E-state index contributed by atoms with van der Waals surface area (Å²) in [6, 6.07) is 20.5. The first kappa shape index (κ1) is 13.3. The second kappa shape index (κ2) is 5.43. The minimum absolute atomic E-state index is 0.313. The zero-order valence-electron chi connectivity index (χ0n) is 12.3. The lowest BCUT2D eigenvalue weighted by Gasteiger charge is -2.06. The maximum Gasteiger partial charge on any atom is 0.190 e. The van der Waals surface area contributed by atoms with E-state index in [1.54, 1.807) is 0 Å². The molecule has 0 bridgehead atoms. The summed E-state index contributed by atoms with van der Waals surface area (Å²) in [4.78, 5) is 0. The number of hydrogen-bond donors (Lipinski definition) is 1. The minimum Gasteiger partial charge on any atom is -0.343 e. The third-order valence-electron chi connectivity index (χ3n) is 3.92. The normalized spacial score (nSPS) is 10.7. The van der Waals surface area contributed by atoms with Gasteiger partial charge >= 0.3 is 0 Å². The molecule has 0 aliphatic rings. The summed E-state index contributed by atoms with van der Waals surface area (Å²) < 4.78 is 2.19. The van der Waals surface area contributed by atoms with Crippen LogP contribution in [0.25, 0.3) is 22.2 Å². The number of hydrogen-bond acceptors (Lipinski definition) is 3. The van der Waals surface area contributed by atoms with Crippen molar-refractivity contribution in [1.82, 2.24) is 20.0 Å². The highest BCUT2D eigenvalue weighted by molar-refractivity contribution is 5.95. The first-order valence-electron chi connectivity index (χ1n) is 7.30. The Morgan fingerprint density at radius 2 is 1.87 bits per heavy atom. The predicted octanol–water partition coefficient (Wildman–Crippen LogP) is 3.35. The molecule has 5 heteroatoms. The van der Waals surface area contributed by atoms with Gasteiger partial charge in [-0.05, 0) is 17.7 Å². The Morgan fingerprint density at radius 1 is 1.00 bits per heavy atom. The van der Waals surface area contributed by atoms with Crippen LogP contribution in [0.1, 0.15) is 11.3 Å². The second-order valence-corrected chi connectivity index (χ2v) is 5.30. The van der Waals surface area contributed by atoms with E-state index in [9.17, 15) is 0 Å². The Balaban J connectivity index is 1.83. The number of rotatable bonds is 3. The molecule has 23 heavy (non-hydrogen) atoms. The molecule has 0 radical (unpaired) electrons. The number of aromatic nitrogens is 4. The largest absolute Gasteiger partial charge is 0.343 e. The van der Waals surface area contributed by atoms with Crippen molar-refractivity contribution in [2.75, 3.05) is 0 Å². The van der Waals surface area contributed by atoms with Crippen molar-refractivity contribution < 1.29 is 0 Å². The molecule has 0 aliphatic carbocycles. The zero-order valence-corrected chi connectivity index (χ0v) is 12.3. The number of fused-ring (bicyclic) bond motifs is 1. The zero-order chi connectivity index (χ0) is 15.6. The van der Waals surface area contributed by atoms with Gasteiger partial charge in [-0.2, -0.15) is 15.6 Å². The maximum absolute atomic E-state index is 9.16. The molecule has 4 rings (SSSR count). The first-order valence-corrected chi connectivity index (χ1v) is 7.30. The molecule has 0 aliphatic heterocycles. The van der Waals surface area contributed by atoms with Gasteiger partial charge in [0.15, 0.2) is 5.69 Å². The van der Waals surface area contributed by atoms with Crippen LogP contribution >= 0.6 is 0 Å². The third-order valence-corrected chi connectivity index (χ3v) is 3.92. The Kier molecular flexibility index (Phi) is 3.13. The molecule has 0 fully saturated rings. The lowest BCUT2D eigenvalue weighted by molar-refractivity contribution is 0.837. The van der Waals surface area contributed by atoms with E-state index >= 15 is 0 Å². The van der Waals surface area contributed by atoms with Crippen LogP contribution in [0.2, 0.25) is 0 Å². The number of H-pyrrole nitrogens is 1. The molecular weight excluding hydrogens is 286 g/mol. The Bertz CT molecular complexity index is 1000. The molecule has 0 saturated carbocycles. The van der Waals surface area contributed by atoms with E-state index in [1.165, 1.54) is 5.56 Å². The number of nitriles is 1. The number of nitrogens with zero attached hydrogens (tertiary/aromatic N) is 4. The SMILES string of the molecule is N#Cc1n[nH]nc1-c1cccc2c1ccn2Cc1ccccc1.